The van der Waals surface area contributed by atoms with Gasteiger partial charge in [0.25, 0.3) is 0 Å². The van der Waals surface area contributed by atoms with Crippen LogP contribution in [0.5, 0.6) is 0 Å². The Bertz CT molecular complexity index is 801. The molecule has 1 saturated heterocycles. The third-order valence-corrected chi connectivity index (χ3v) is 8.84. The SMILES string of the molecule is CCCN1C[C@H](CSC)CC2c3cc(Br)c(Br)c4[nH]c(C)c(c34)C[C@H]21. The highest BCUT2D eigenvalue weighted by molar-refractivity contribution is 9.13. The maximum Gasteiger partial charge on any atom is 0.0617 e. The zero-order valence-electron chi connectivity index (χ0n) is 15.2. The molecule has 2 heterocycles. The van der Waals surface area contributed by atoms with Gasteiger partial charge in [-0.15, -0.1) is 0 Å². The number of hydrogen-bond donors (Lipinski definition) is 1. The van der Waals surface area contributed by atoms with Gasteiger partial charge in [0.2, 0.25) is 0 Å². The van der Waals surface area contributed by atoms with E-state index in [4.69, 9.17) is 0 Å². The largest absolute Gasteiger partial charge is 0.357 e. The molecule has 1 unspecified atom stereocenters. The number of aromatic nitrogens is 1. The van der Waals surface area contributed by atoms with Crippen LogP contribution in [0.3, 0.4) is 0 Å². The predicted molar refractivity (Wildman–Crippen MR) is 117 cm³/mol. The molecule has 3 atom stereocenters. The van der Waals surface area contributed by atoms with E-state index >= 15 is 0 Å². The van der Waals surface area contributed by atoms with E-state index in [0.29, 0.717) is 12.0 Å². The molecule has 1 aliphatic carbocycles. The molecule has 1 aromatic heterocycles. The van der Waals surface area contributed by atoms with Crippen molar-refractivity contribution in [3.8, 4) is 0 Å². The molecule has 1 N–H and O–H groups in total. The third kappa shape index (κ3) is 3.03. The van der Waals surface area contributed by atoms with Crippen LogP contribution in [0, 0.1) is 12.8 Å². The van der Waals surface area contributed by atoms with Crippen LogP contribution in [0.4, 0.5) is 0 Å². The minimum Gasteiger partial charge on any atom is -0.357 e. The summed E-state index contributed by atoms with van der Waals surface area (Å²) < 4.78 is 2.35. The first-order chi connectivity index (χ1) is 12.0. The molecule has 0 spiro atoms. The molecule has 1 aliphatic heterocycles. The fourth-order valence-electron chi connectivity index (χ4n) is 5.11. The molecule has 1 aromatic carbocycles. The van der Waals surface area contributed by atoms with Gasteiger partial charge >= 0.3 is 0 Å². The Balaban J connectivity index is 1.85. The van der Waals surface area contributed by atoms with Crippen LogP contribution in [0.15, 0.2) is 15.0 Å². The van der Waals surface area contributed by atoms with E-state index in [1.165, 1.54) is 63.6 Å². The number of piperidine rings is 1. The van der Waals surface area contributed by atoms with Gasteiger partial charge in [0.15, 0.2) is 0 Å². The van der Waals surface area contributed by atoms with Crippen LogP contribution in [-0.2, 0) is 6.42 Å². The molecular formula is C20H26Br2N2S. The van der Waals surface area contributed by atoms with Crippen LogP contribution < -0.4 is 0 Å². The van der Waals surface area contributed by atoms with Gasteiger partial charge < -0.3 is 4.98 Å². The van der Waals surface area contributed by atoms with E-state index < -0.39 is 0 Å². The standard InChI is InChI=1S/C20H26Br2N2S/c1-4-5-24-9-12(10-25-3)6-14-15-7-16(21)19(22)20-18(15)13(8-17(14)24)11(2)23-20/h7,12,14,17,23H,4-6,8-10H2,1-3H3/t12-,14?,17-/m1/s1. The molecule has 25 heavy (non-hydrogen) atoms. The second-order valence-electron chi connectivity index (χ2n) is 7.67. The zero-order valence-corrected chi connectivity index (χ0v) is 19.2. The highest BCUT2D eigenvalue weighted by Gasteiger charge is 2.41. The summed E-state index contributed by atoms with van der Waals surface area (Å²) in [5.41, 5.74) is 5.73. The van der Waals surface area contributed by atoms with Gasteiger partial charge in [0.05, 0.1) is 9.99 Å². The summed E-state index contributed by atoms with van der Waals surface area (Å²) in [6.45, 7) is 7.06. The summed E-state index contributed by atoms with van der Waals surface area (Å²) in [4.78, 5) is 6.46. The average Bonchev–Trinajstić information content (AvgIpc) is 2.91. The van der Waals surface area contributed by atoms with Crippen LogP contribution in [0.2, 0.25) is 0 Å². The highest BCUT2D eigenvalue weighted by atomic mass is 79.9. The van der Waals surface area contributed by atoms with Gasteiger partial charge in [-0.05, 0) is 99.7 Å². The number of halogens is 2. The molecule has 5 heteroatoms. The van der Waals surface area contributed by atoms with E-state index in [2.05, 4.69) is 67.9 Å². The number of rotatable bonds is 4. The Kier molecular flexibility index (Phi) is 5.31. The summed E-state index contributed by atoms with van der Waals surface area (Å²) >= 11 is 9.58. The van der Waals surface area contributed by atoms with Crippen molar-refractivity contribution in [2.45, 2.75) is 45.1 Å². The molecule has 0 radical (unpaired) electrons. The van der Waals surface area contributed by atoms with E-state index in [-0.39, 0.29) is 0 Å². The first-order valence-electron chi connectivity index (χ1n) is 9.27. The van der Waals surface area contributed by atoms with Crippen LogP contribution >= 0.6 is 43.6 Å². The van der Waals surface area contributed by atoms with E-state index in [9.17, 15) is 0 Å². The van der Waals surface area contributed by atoms with E-state index in [1.807, 2.05) is 11.8 Å². The Hall–Kier alpha value is 0.0300. The monoisotopic (exact) mass is 484 g/mol. The zero-order chi connectivity index (χ0) is 17.7. The fraction of sp³-hybridized carbons (Fsp3) is 0.600. The van der Waals surface area contributed by atoms with E-state index in [0.717, 1.165) is 5.92 Å². The Labute approximate surface area is 171 Å². The normalized spacial score (nSPS) is 26.2. The topological polar surface area (TPSA) is 19.0 Å². The molecule has 136 valence electrons. The summed E-state index contributed by atoms with van der Waals surface area (Å²) in [6, 6.07) is 3.06. The molecule has 0 amide bonds. The number of aryl methyl sites for hydroxylation is 1. The first-order valence-corrected chi connectivity index (χ1v) is 12.2. The lowest BCUT2D eigenvalue weighted by Crippen LogP contribution is -2.50. The van der Waals surface area contributed by atoms with Gasteiger partial charge in [-0.3, -0.25) is 4.90 Å². The summed E-state index contributed by atoms with van der Waals surface area (Å²) in [5, 5.41) is 1.50. The van der Waals surface area contributed by atoms with Crippen molar-refractivity contribution in [2.24, 2.45) is 5.92 Å². The predicted octanol–water partition coefficient (Wildman–Crippen LogP) is 6.10. The molecule has 0 bridgehead atoms. The highest BCUT2D eigenvalue weighted by Crippen LogP contribution is 2.49. The Morgan fingerprint density at radius 2 is 2.16 bits per heavy atom. The fourth-order valence-corrected chi connectivity index (χ4v) is 6.68. The summed E-state index contributed by atoms with van der Waals surface area (Å²) in [6.07, 6.45) is 6.02. The van der Waals surface area contributed by atoms with Crippen LogP contribution in [0.1, 0.15) is 42.5 Å². The lowest BCUT2D eigenvalue weighted by molar-refractivity contribution is 0.0925. The number of fused-ring (bicyclic) bond motifs is 2. The molecule has 0 saturated carbocycles. The van der Waals surface area contributed by atoms with E-state index in [1.54, 1.807) is 11.1 Å². The number of hydrogen-bond acceptors (Lipinski definition) is 2. The van der Waals surface area contributed by atoms with Crippen molar-refractivity contribution in [2.75, 3.05) is 25.1 Å². The minimum absolute atomic E-state index is 0.659. The Morgan fingerprint density at radius 1 is 1.36 bits per heavy atom. The smallest absolute Gasteiger partial charge is 0.0617 e. The number of aromatic amines is 1. The second-order valence-corrected chi connectivity index (χ2v) is 10.2. The number of likely N-dealkylation sites (tertiary alicyclic amines) is 1. The third-order valence-electron chi connectivity index (χ3n) is 6.06. The molecule has 4 rings (SSSR count). The minimum atomic E-state index is 0.659. The van der Waals surface area contributed by atoms with Crippen molar-refractivity contribution in [1.82, 2.24) is 9.88 Å². The number of H-pyrrole nitrogens is 1. The van der Waals surface area contributed by atoms with Crippen LogP contribution in [0.25, 0.3) is 10.9 Å². The molecule has 2 aromatic rings. The number of nitrogens with zero attached hydrogens (tertiary/aromatic N) is 1. The van der Waals surface area contributed by atoms with Crippen molar-refractivity contribution < 1.29 is 0 Å². The maximum absolute atomic E-state index is 3.79. The quantitative estimate of drug-likeness (QED) is 0.563. The second kappa shape index (κ2) is 7.21. The number of thioether (sulfide) groups is 1. The molecular weight excluding hydrogens is 460 g/mol. The van der Waals surface area contributed by atoms with Gasteiger partial charge in [-0.2, -0.15) is 11.8 Å². The van der Waals surface area contributed by atoms with Crippen molar-refractivity contribution >= 4 is 54.5 Å². The summed E-state index contributed by atoms with van der Waals surface area (Å²) in [7, 11) is 0. The van der Waals surface area contributed by atoms with Crippen LogP contribution in [-0.4, -0.2) is 41.0 Å². The lowest BCUT2D eigenvalue weighted by atomic mass is 9.72. The van der Waals surface area contributed by atoms with Gasteiger partial charge in [0.1, 0.15) is 0 Å². The van der Waals surface area contributed by atoms with Crippen molar-refractivity contribution in [3.05, 3.63) is 31.8 Å². The first kappa shape index (κ1) is 18.4. The lowest BCUT2D eigenvalue weighted by Gasteiger charge is -2.47. The molecule has 1 fully saturated rings. The molecule has 2 aliphatic rings. The molecule has 2 nitrogen and oxygen atoms in total. The van der Waals surface area contributed by atoms with Gasteiger partial charge in [-0.1, -0.05) is 6.92 Å². The average molecular weight is 486 g/mol. The Morgan fingerprint density at radius 3 is 2.88 bits per heavy atom. The summed E-state index contributed by atoms with van der Waals surface area (Å²) in [5.74, 6) is 2.75. The number of benzene rings is 1. The van der Waals surface area contributed by atoms with Gasteiger partial charge in [0, 0.05) is 34.1 Å². The van der Waals surface area contributed by atoms with Crippen molar-refractivity contribution in [1.29, 1.82) is 0 Å². The number of nitrogens with one attached hydrogen (secondary N) is 1. The van der Waals surface area contributed by atoms with Gasteiger partial charge in [-0.25, -0.2) is 0 Å². The maximum atomic E-state index is 3.79. The van der Waals surface area contributed by atoms with Crippen molar-refractivity contribution in [3.63, 3.8) is 0 Å².